The molecule has 3 rings (SSSR count). The fourth-order valence-corrected chi connectivity index (χ4v) is 4.69. The third-order valence-electron chi connectivity index (χ3n) is 4.27. The van der Waals surface area contributed by atoms with Gasteiger partial charge in [-0.15, -0.1) is 10.2 Å². The zero-order valence-corrected chi connectivity index (χ0v) is 18.8. The lowest BCUT2D eigenvalue weighted by Crippen LogP contribution is -2.16. The molecule has 0 aliphatic rings. The van der Waals surface area contributed by atoms with Gasteiger partial charge in [-0.25, -0.2) is 0 Å². The van der Waals surface area contributed by atoms with Gasteiger partial charge in [0.15, 0.2) is 11.0 Å². The summed E-state index contributed by atoms with van der Waals surface area (Å²) in [5.41, 5.74) is 3.57. The highest BCUT2D eigenvalue weighted by molar-refractivity contribution is 14.1. The Morgan fingerprint density at radius 2 is 1.89 bits per heavy atom. The molecule has 1 amide bonds. The molecule has 8 heteroatoms. The van der Waals surface area contributed by atoms with Gasteiger partial charge in [-0.2, -0.15) is 0 Å². The van der Waals surface area contributed by atoms with Crippen LogP contribution in [0.15, 0.2) is 41.6 Å². The van der Waals surface area contributed by atoms with Crippen LogP contribution in [0.2, 0.25) is 0 Å². The Bertz CT molecular complexity index is 996. The number of phenolic OH excluding ortho intramolecular Hbond substituents is 1. The number of aromatic hydroxyl groups is 1. The van der Waals surface area contributed by atoms with Crippen molar-refractivity contribution >= 4 is 45.9 Å². The monoisotopic (exact) mass is 508 g/mol. The van der Waals surface area contributed by atoms with Crippen LogP contribution in [-0.2, 0) is 11.3 Å². The van der Waals surface area contributed by atoms with E-state index in [2.05, 4.69) is 38.1 Å². The molecule has 0 aliphatic heterocycles. The van der Waals surface area contributed by atoms with E-state index in [1.165, 1.54) is 11.8 Å². The van der Waals surface area contributed by atoms with E-state index in [4.69, 9.17) is 0 Å². The van der Waals surface area contributed by atoms with Gasteiger partial charge in [-0.1, -0.05) is 23.9 Å². The van der Waals surface area contributed by atoms with Crippen LogP contribution >= 0.6 is 34.4 Å². The summed E-state index contributed by atoms with van der Waals surface area (Å²) in [7, 11) is 0. The van der Waals surface area contributed by atoms with E-state index in [0.717, 1.165) is 20.4 Å². The number of hydrogen-bond acceptors (Lipinski definition) is 5. The van der Waals surface area contributed by atoms with Crippen molar-refractivity contribution in [3.63, 3.8) is 0 Å². The molecule has 3 aromatic rings. The molecule has 0 saturated carbocycles. The molecular formula is C20H21IN4O2S. The van der Waals surface area contributed by atoms with E-state index in [1.807, 2.05) is 43.5 Å². The smallest absolute Gasteiger partial charge is 0.234 e. The number of anilines is 1. The third kappa shape index (κ3) is 4.49. The van der Waals surface area contributed by atoms with E-state index in [9.17, 15) is 9.90 Å². The Hall–Kier alpha value is -2.07. The van der Waals surface area contributed by atoms with Crippen molar-refractivity contribution in [2.24, 2.45) is 0 Å². The number of nitrogens with one attached hydrogen (secondary N) is 1. The summed E-state index contributed by atoms with van der Waals surface area (Å²) in [6.45, 7) is 6.60. The minimum Gasteiger partial charge on any atom is -0.507 e. The number of benzene rings is 2. The fraction of sp³-hybridized carbons (Fsp3) is 0.250. The van der Waals surface area contributed by atoms with Gasteiger partial charge in [-0.3, -0.25) is 4.79 Å². The van der Waals surface area contributed by atoms with Crippen molar-refractivity contribution in [1.82, 2.24) is 14.8 Å². The number of carbonyl (C=O) groups excluding carboxylic acids is 1. The molecule has 1 aromatic heterocycles. The van der Waals surface area contributed by atoms with Crippen molar-refractivity contribution in [1.29, 1.82) is 0 Å². The van der Waals surface area contributed by atoms with Crippen LogP contribution < -0.4 is 5.32 Å². The van der Waals surface area contributed by atoms with E-state index in [0.29, 0.717) is 23.1 Å². The molecule has 0 saturated heterocycles. The first kappa shape index (κ1) is 20.7. The van der Waals surface area contributed by atoms with Gasteiger partial charge in [0.2, 0.25) is 5.91 Å². The van der Waals surface area contributed by atoms with Crippen LogP contribution in [0, 0.1) is 17.4 Å². The van der Waals surface area contributed by atoms with Gasteiger partial charge in [-0.05, 0) is 78.8 Å². The number of nitrogens with zero attached hydrogens (tertiary/aromatic N) is 3. The number of amides is 1. The van der Waals surface area contributed by atoms with Gasteiger partial charge in [0.1, 0.15) is 5.75 Å². The first-order valence-corrected chi connectivity index (χ1v) is 10.9. The second kappa shape index (κ2) is 8.95. The van der Waals surface area contributed by atoms with E-state index >= 15 is 0 Å². The topological polar surface area (TPSA) is 80.0 Å². The average Bonchev–Trinajstić information content (AvgIpc) is 3.06. The molecule has 0 atom stereocenters. The van der Waals surface area contributed by atoms with Crippen molar-refractivity contribution in [3.8, 4) is 17.1 Å². The van der Waals surface area contributed by atoms with Crippen LogP contribution in [0.1, 0.15) is 18.1 Å². The third-order valence-corrected chi connectivity index (χ3v) is 5.86. The standard InChI is InChI=1S/C20H21IN4O2S/c1-4-25-19(15-7-5-6-8-16(15)26)23-24-20(25)28-11-17(27)22-18-12(2)9-14(21)10-13(18)3/h5-10,26H,4,11H2,1-3H3,(H,22,27). The summed E-state index contributed by atoms with van der Waals surface area (Å²) in [6, 6.07) is 11.1. The predicted octanol–water partition coefficient (Wildman–Crippen LogP) is 4.62. The number of thioether (sulfide) groups is 1. The molecule has 146 valence electrons. The summed E-state index contributed by atoms with van der Waals surface area (Å²) < 4.78 is 3.04. The maximum atomic E-state index is 12.5. The average molecular weight is 508 g/mol. The summed E-state index contributed by atoms with van der Waals surface area (Å²) in [5.74, 6) is 0.882. The Balaban J connectivity index is 1.73. The highest BCUT2D eigenvalue weighted by atomic mass is 127. The fourth-order valence-electron chi connectivity index (χ4n) is 2.96. The van der Waals surface area contributed by atoms with Gasteiger partial charge in [0.05, 0.1) is 11.3 Å². The maximum Gasteiger partial charge on any atom is 0.234 e. The first-order chi connectivity index (χ1) is 13.4. The molecule has 6 nitrogen and oxygen atoms in total. The van der Waals surface area contributed by atoms with Crippen LogP contribution in [0.5, 0.6) is 5.75 Å². The Morgan fingerprint density at radius 1 is 1.21 bits per heavy atom. The lowest BCUT2D eigenvalue weighted by molar-refractivity contribution is -0.113. The van der Waals surface area contributed by atoms with E-state index in [-0.39, 0.29) is 17.4 Å². The Morgan fingerprint density at radius 3 is 2.54 bits per heavy atom. The molecule has 0 bridgehead atoms. The summed E-state index contributed by atoms with van der Waals surface area (Å²) in [4.78, 5) is 12.5. The number of hydrogen-bond donors (Lipinski definition) is 2. The van der Waals surface area contributed by atoms with Crippen LogP contribution in [0.4, 0.5) is 5.69 Å². The zero-order chi connectivity index (χ0) is 20.3. The number of halogens is 1. The zero-order valence-electron chi connectivity index (χ0n) is 15.9. The van der Waals surface area contributed by atoms with Gasteiger partial charge in [0.25, 0.3) is 0 Å². The normalized spacial score (nSPS) is 10.9. The number of aromatic nitrogens is 3. The molecule has 2 N–H and O–H groups in total. The number of rotatable bonds is 6. The number of para-hydroxylation sites is 1. The molecule has 0 aliphatic carbocycles. The minimum absolute atomic E-state index is 0.0906. The molecule has 28 heavy (non-hydrogen) atoms. The van der Waals surface area contributed by atoms with E-state index < -0.39 is 0 Å². The van der Waals surface area contributed by atoms with Crippen LogP contribution in [0.3, 0.4) is 0 Å². The first-order valence-electron chi connectivity index (χ1n) is 8.81. The lowest BCUT2D eigenvalue weighted by Gasteiger charge is -2.12. The SMILES string of the molecule is CCn1c(SCC(=O)Nc2c(C)cc(I)cc2C)nnc1-c1ccccc1O. The Kier molecular flexibility index (Phi) is 6.61. The van der Waals surface area contributed by atoms with Crippen LogP contribution in [-0.4, -0.2) is 31.5 Å². The number of phenols is 1. The Labute approximate surface area is 181 Å². The summed E-state index contributed by atoms with van der Waals surface area (Å²) in [5, 5.41) is 22.2. The highest BCUT2D eigenvalue weighted by Gasteiger charge is 2.17. The molecule has 1 heterocycles. The second-order valence-corrected chi connectivity index (χ2v) is 8.51. The predicted molar refractivity (Wildman–Crippen MR) is 121 cm³/mol. The minimum atomic E-state index is -0.0906. The number of carbonyl (C=O) groups is 1. The van der Waals surface area contributed by atoms with E-state index in [1.54, 1.807) is 18.2 Å². The summed E-state index contributed by atoms with van der Waals surface area (Å²) >= 11 is 3.60. The molecule has 0 radical (unpaired) electrons. The van der Waals surface area contributed by atoms with Crippen molar-refractivity contribution in [2.45, 2.75) is 32.5 Å². The van der Waals surface area contributed by atoms with Crippen molar-refractivity contribution in [3.05, 3.63) is 51.1 Å². The highest BCUT2D eigenvalue weighted by Crippen LogP contribution is 2.30. The molecular weight excluding hydrogens is 487 g/mol. The lowest BCUT2D eigenvalue weighted by atomic mass is 10.1. The summed E-state index contributed by atoms with van der Waals surface area (Å²) in [6.07, 6.45) is 0. The molecule has 0 fully saturated rings. The number of aryl methyl sites for hydroxylation is 2. The maximum absolute atomic E-state index is 12.5. The quantitative estimate of drug-likeness (QED) is 0.375. The molecule has 0 unspecified atom stereocenters. The van der Waals surface area contributed by atoms with Crippen LogP contribution in [0.25, 0.3) is 11.4 Å². The largest absolute Gasteiger partial charge is 0.507 e. The van der Waals surface area contributed by atoms with Gasteiger partial charge < -0.3 is 15.0 Å². The van der Waals surface area contributed by atoms with Gasteiger partial charge in [0, 0.05) is 15.8 Å². The molecule has 0 spiro atoms. The second-order valence-electron chi connectivity index (χ2n) is 6.32. The molecule has 2 aromatic carbocycles. The van der Waals surface area contributed by atoms with Crippen molar-refractivity contribution in [2.75, 3.05) is 11.1 Å². The van der Waals surface area contributed by atoms with Gasteiger partial charge >= 0.3 is 0 Å². The van der Waals surface area contributed by atoms with Crippen molar-refractivity contribution < 1.29 is 9.90 Å².